The molecule has 1 atom stereocenters. The van der Waals surface area contributed by atoms with Crippen LogP contribution in [-0.2, 0) is 29.2 Å². The quantitative estimate of drug-likeness (QED) is 0.354. The predicted molar refractivity (Wildman–Crippen MR) is 167 cm³/mol. The topological polar surface area (TPSA) is 118 Å². The van der Waals surface area contributed by atoms with Gasteiger partial charge in [0.2, 0.25) is 5.91 Å². The molecule has 2 amide bonds. The van der Waals surface area contributed by atoms with E-state index < -0.39 is 23.8 Å². The molecule has 1 aromatic carbocycles. The number of rotatable bonds is 5. The van der Waals surface area contributed by atoms with Gasteiger partial charge in [-0.1, -0.05) is 25.5 Å². The largest absolute Gasteiger partial charge is 0.506 e. The van der Waals surface area contributed by atoms with E-state index in [0.29, 0.717) is 42.2 Å². The van der Waals surface area contributed by atoms with Crippen LogP contribution in [0.3, 0.4) is 0 Å². The van der Waals surface area contributed by atoms with Crippen LogP contribution in [0.1, 0.15) is 89.6 Å². The van der Waals surface area contributed by atoms with Crippen molar-refractivity contribution in [2.24, 2.45) is 11.3 Å². The van der Waals surface area contributed by atoms with Crippen molar-refractivity contribution in [3.63, 3.8) is 0 Å². The molecule has 3 aromatic rings. The van der Waals surface area contributed by atoms with E-state index in [2.05, 4.69) is 17.6 Å². The Labute approximate surface area is 270 Å². The summed E-state index contributed by atoms with van der Waals surface area (Å²) in [5, 5.41) is 16.3. The first-order valence-electron chi connectivity index (χ1n) is 16.4. The molecule has 2 aliphatic heterocycles. The van der Waals surface area contributed by atoms with E-state index >= 15 is 0 Å². The number of nitrogen functional groups attached to an aromatic ring is 1. The lowest BCUT2D eigenvalue weighted by Gasteiger charge is -2.74. The van der Waals surface area contributed by atoms with Crippen molar-refractivity contribution in [3.05, 3.63) is 76.9 Å². The lowest BCUT2D eigenvalue weighted by molar-refractivity contribution is -0.179. The molecule has 6 aliphatic rings. The van der Waals surface area contributed by atoms with Crippen molar-refractivity contribution >= 4 is 17.5 Å². The molecule has 4 fully saturated rings. The highest BCUT2D eigenvalue weighted by molar-refractivity contribution is 5.99. The number of aromatic nitrogens is 3. The minimum Gasteiger partial charge on any atom is -0.506 e. The molecule has 0 spiro atoms. The minimum atomic E-state index is -4.70. The van der Waals surface area contributed by atoms with Crippen LogP contribution in [0.5, 0.6) is 5.75 Å². The number of phenolic OH excluding ortho intramolecular Hbond substituents is 1. The van der Waals surface area contributed by atoms with Crippen LogP contribution < -0.4 is 5.73 Å². The van der Waals surface area contributed by atoms with Crippen LogP contribution in [-0.4, -0.2) is 61.1 Å². The van der Waals surface area contributed by atoms with Gasteiger partial charge in [0.1, 0.15) is 17.1 Å². The van der Waals surface area contributed by atoms with Crippen molar-refractivity contribution < 1.29 is 27.9 Å². The third-order valence-corrected chi connectivity index (χ3v) is 11.7. The number of alkyl halides is 3. The van der Waals surface area contributed by atoms with Gasteiger partial charge in [0.25, 0.3) is 5.91 Å². The number of amides is 2. The van der Waals surface area contributed by atoms with Gasteiger partial charge in [-0.2, -0.15) is 18.3 Å². The van der Waals surface area contributed by atoms with Crippen LogP contribution in [0, 0.1) is 11.3 Å². The number of nitrogens with zero attached hydrogens (tertiary/aromatic N) is 5. The number of aromatic hydroxyl groups is 1. The minimum absolute atomic E-state index is 0.141. The molecular formula is C35H37F3N6O3. The number of phenols is 1. The van der Waals surface area contributed by atoms with Gasteiger partial charge in [0.05, 0.1) is 23.0 Å². The van der Waals surface area contributed by atoms with E-state index in [1.165, 1.54) is 56.6 Å². The lowest BCUT2D eigenvalue weighted by atomic mass is 9.30. The number of nitrogens with two attached hydrogens (primary N) is 1. The summed E-state index contributed by atoms with van der Waals surface area (Å²) in [6.07, 6.45) is 7.19. The number of benzene rings is 1. The number of carbonyl (C=O) groups is 2. The Morgan fingerprint density at radius 2 is 1.83 bits per heavy atom. The molecule has 4 heterocycles. The van der Waals surface area contributed by atoms with Crippen LogP contribution in [0.4, 0.5) is 18.9 Å². The second-order valence-electron chi connectivity index (χ2n) is 14.2. The van der Waals surface area contributed by atoms with Gasteiger partial charge >= 0.3 is 6.18 Å². The maximum absolute atomic E-state index is 13.9. The van der Waals surface area contributed by atoms with Crippen LogP contribution in [0.2, 0.25) is 0 Å². The third kappa shape index (κ3) is 4.50. The zero-order chi connectivity index (χ0) is 32.9. The molecule has 2 bridgehead atoms. The average Bonchev–Trinajstić information content (AvgIpc) is 3.61. The fourth-order valence-electron chi connectivity index (χ4n) is 9.50. The smallest absolute Gasteiger partial charge is 0.433 e. The SMILES string of the molecule is C=CC(=O)N1CCc2nn(-c3ccc(C45CC(C6CCCC6)(C4)C5)cc3O)c3c2C(C1)N(C(=O)c1cnc(C(F)(F)F)cc1N)CC3. The van der Waals surface area contributed by atoms with Gasteiger partial charge in [-0.05, 0) is 78.7 Å². The second-order valence-corrected chi connectivity index (χ2v) is 14.2. The highest BCUT2D eigenvalue weighted by Crippen LogP contribution is 2.78. The van der Waals surface area contributed by atoms with Crippen LogP contribution >= 0.6 is 0 Å². The zero-order valence-corrected chi connectivity index (χ0v) is 26.0. The molecule has 1 unspecified atom stereocenters. The summed E-state index contributed by atoms with van der Waals surface area (Å²) in [7, 11) is 0. The molecule has 3 N–H and O–H groups in total. The van der Waals surface area contributed by atoms with E-state index in [9.17, 15) is 27.9 Å². The van der Waals surface area contributed by atoms with E-state index in [-0.39, 0.29) is 41.4 Å². The van der Waals surface area contributed by atoms with Crippen molar-refractivity contribution in [2.45, 2.75) is 75.4 Å². The highest BCUT2D eigenvalue weighted by Gasteiger charge is 2.70. The zero-order valence-electron chi connectivity index (χ0n) is 26.0. The van der Waals surface area contributed by atoms with Crippen molar-refractivity contribution in [1.82, 2.24) is 24.6 Å². The van der Waals surface area contributed by atoms with Gasteiger partial charge in [-0.25, -0.2) is 4.68 Å². The molecule has 12 heteroatoms. The molecule has 0 radical (unpaired) electrons. The van der Waals surface area contributed by atoms with Gasteiger partial charge in [0.15, 0.2) is 0 Å². The first-order valence-corrected chi connectivity index (χ1v) is 16.4. The maximum atomic E-state index is 13.9. The first kappa shape index (κ1) is 30.0. The summed E-state index contributed by atoms with van der Waals surface area (Å²) < 4.78 is 41.5. The molecule has 4 aliphatic carbocycles. The number of halogens is 3. The predicted octanol–water partition coefficient (Wildman–Crippen LogP) is 5.50. The summed E-state index contributed by atoms with van der Waals surface area (Å²) in [6.45, 7) is 4.30. The highest BCUT2D eigenvalue weighted by atomic mass is 19.4. The Hall–Kier alpha value is -4.35. The number of hydrogen-bond acceptors (Lipinski definition) is 6. The summed E-state index contributed by atoms with van der Waals surface area (Å²) in [5.41, 5.74) is 9.03. The van der Waals surface area contributed by atoms with E-state index in [1.54, 1.807) is 14.5 Å². The number of pyridine rings is 1. The Balaban J connectivity index is 1.12. The number of hydrogen-bond donors (Lipinski definition) is 2. The fraction of sp³-hybridized carbons (Fsp3) is 0.486. The van der Waals surface area contributed by atoms with E-state index in [0.717, 1.165) is 23.4 Å². The molecule has 0 saturated heterocycles. The number of anilines is 1. The Bertz CT molecular complexity index is 1810. The summed E-state index contributed by atoms with van der Waals surface area (Å²) in [6, 6.07) is 5.98. The van der Waals surface area contributed by atoms with Crippen LogP contribution in [0.15, 0.2) is 43.1 Å². The molecule has 2 aromatic heterocycles. The molecule has 4 saturated carbocycles. The van der Waals surface area contributed by atoms with Crippen molar-refractivity contribution in [3.8, 4) is 11.4 Å². The second kappa shape index (κ2) is 10.3. The van der Waals surface area contributed by atoms with Crippen molar-refractivity contribution in [2.75, 3.05) is 25.4 Å². The Morgan fingerprint density at radius 1 is 1.09 bits per heavy atom. The van der Waals surface area contributed by atoms with E-state index in [1.807, 2.05) is 12.1 Å². The molecule has 9 rings (SSSR count). The normalized spacial score (nSPS) is 26.7. The van der Waals surface area contributed by atoms with Gasteiger partial charge in [-0.3, -0.25) is 14.6 Å². The fourth-order valence-corrected chi connectivity index (χ4v) is 9.50. The molecule has 246 valence electrons. The number of carbonyl (C=O) groups excluding carboxylic acids is 2. The Kier molecular flexibility index (Phi) is 6.59. The van der Waals surface area contributed by atoms with Gasteiger partial charge in [0, 0.05) is 49.9 Å². The average molecular weight is 647 g/mol. The first-order chi connectivity index (χ1) is 22.4. The van der Waals surface area contributed by atoms with E-state index in [4.69, 9.17) is 10.8 Å². The van der Waals surface area contributed by atoms with Gasteiger partial charge in [-0.15, -0.1) is 0 Å². The van der Waals surface area contributed by atoms with Crippen LogP contribution in [0.25, 0.3) is 5.69 Å². The third-order valence-electron chi connectivity index (χ3n) is 11.7. The molecular weight excluding hydrogens is 609 g/mol. The molecule has 47 heavy (non-hydrogen) atoms. The summed E-state index contributed by atoms with van der Waals surface area (Å²) in [4.78, 5) is 33.3. The van der Waals surface area contributed by atoms with Crippen molar-refractivity contribution in [1.29, 1.82) is 0 Å². The molecule has 9 nitrogen and oxygen atoms in total. The monoisotopic (exact) mass is 646 g/mol. The lowest BCUT2D eigenvalue weighted by Crippen LogP contribution is -2.67. The summed E-state index contributed by atoms with van der Waals surface area (Å²) in [5.74, 6) is 0.133. The van der Waals surface area contributed by atoms with Gasteiger partial charge < -0.3 is 20.6 Å². The summed E-state index contributed by atoms with van der Waals surface area (Å²) >= 11 is 0. The standard InChI is InChI=1S/C35H37F3N6O3/c1-2-30(46)42-11-9-24-31-26(10-12-43(27(31)16-42)32(47)22-15-40-29(14-23(22)39)35(36,37)38)44(41-24)25-8-7-21(13-28(25)45)34-17-33(18-34,19-34)20-5-3-4-6-20/h2,7-8,13-15,20,27,45H,1,3-6,9-12,16-19H2,(H2,39,40). The maximum Gasteiger partial charge on any atom is 0.433 e. The Morgan fingerprint density at radius 3 is 2.49 bits per heavy atom.